The summed E-state index contributed by atoms with van der Waals surface area (Å²) in [6.45, 7) is 9.24. The van der Waals surface area contributed by atoms with Crippen molar-refractivity contribution in [1.29, 1.82) is 0 Å². The van der Waals surface area contributed by atoms with Crippen LogP contribution >= 0.6 is 0 Å². The molecule has 29 heavy (non-hydrogen) atoms. The van der Waals surface area contributed by atoms with Crippen molar-refractivity contribution in [2.45, 2.75) is 38.8 Å². The molecule has 0 aliphatic carbocycles. The van der Waals surface area contributed by atoms with E-state index in [4.69, 9.17) is 14.5 Å². The molecule has 0 bridgehead atoms. The lowest BCUT2D eigenvalue weighted by atomic mass is 9.77. The smallest absolute Gasteiger partial charge is 0.228 e. The maximum absolute atomic E-state index is 6.77. The van der Waals surface area contributed by atoms with Crippen LogP contribution in [-0.2, 0) is 5.41 Å². The zero-order valence-corrected chi connectivity index (χ0v) is 17.6. The highest BCUT2D eigenvalue weighted by atomic mass is 16.5. The Hall–Kier alpha value is -3.01. The van der Waals surface area contributed by atoms with E-state index in [-0.39, 0.29) is 5.41 Å². The number of anilines is 1. The van der Waals surface area contributed by atoms with Gasteiger partial charge in [0.05, 0.1) is 18.2 Å². The molecule has 0 radical (unpaired) electrons. The third kappa shape index (κ3) is 2.35. The van der Waals surface area contributed by atoms with Crippen LogP contribution in [0.1, 0.15) is 31.9 Å². The van der Waals surface area contributed by atoms with Crippen LogP contribution in [0.25, 0.3) is 10.8 Å². The van der Waals surface area contributed by atoms with Gasteiger partial charge in [0.2, 0.25) is 5.72 Å². The molecule has 2 aliphatic heterocycles. The first kappa shape index (κ1) is 18.0. The van der Waals surface area contributed by atoms with Gasteiger partial charge in [-0.15, -0.1) is 0 Å². The third-order valence-corrected chi connectivity index (χ3v) is 6.45. The summed E-state index contributed by atoms with van der Waals surface area (Å²) in [4.78, 5) is 7.18. The van der Waals surface area contributed by atoms with Crippen molar-refractivity contribution < 1.29 is 9.47 Å². The lowest BCUT2D eigenvalue weighted by molar-refractivity contribution is 0.0826. The van der Waals surface area contributed by atoms with Gasteiger partial charge in [-0.25, -0.2) is 0 Å². The van der Waals surface area contributed by atoms with Crippen LogP contribution < -0.4 is 14.4 Å². The van der Waals surface area contributed by atoms with Crippen molar-refractivity contribution in [1.82, 2.24) is 0 Å². The minimum absolute atomic E-state index is 0.258. The maximum Gasteiger partial charge on any atom is 0.228 e. The van der Waals surface area contributed by atoms with Crippen LogP contribution in [-0.4, -0.2) is 25.6 Å². The fraction of sp³-hybridized carbons (Fsp3) is 0.320. The number of aryl methyl sites for hydroxylation is 1. The number of rotatable bonds is 2. The average molecular weight is 386 g/mol. The molecule has 0 saturated heterocycles. The molecule has 148 valence electrons. The van der Waals surface area contributed by atoms with Crippen molar-refractivity contribution in [2.24, 2.45) is 4.99 Å². The zero-order valence-electron chi connectivity index (χ0n) is 17.6. The molecule has 2 heterocycles. The SMILES string of the molecule is CCOc1ccc2ccc3c(c2c1)N=CC1(O3)N(C)c2ccc(C)cc2C1(C)C. The van der Waals surface area contributed by atoms with Gasteiger partial charge in [0.1, 0.15) is 17.2 Å². The topological polar surface area (TPSA) is 34.1 Å². The molecular formula is C25H26N2O2. The molecule has 1 unspecified atom stereocenters. The van der Waals surface area contributed by atoms with Crippen LogP contribution in [0.4, 0.5) is 11.4 Å². The number of ether oxygens (including phenoxy) is 2. The number of benzene rings is 3. The van der Waals surface area contributed by atoms with Gasteiger partial charge in [0, 0.05) is 18.1 Å². The Morgan fingerprint density at radius 3 is 2.66 bits per heavy atom. The fourth-order valence-corrected chi connectivity index (χ4v) is 4.76. The number of aliphatic imine (C=N–C) groups is 1. The van der Waals surface area contributed by atoms with Crippen molar-refractivity contribution >= 4 is 28.4 Å². The Morgan fingerprint density at radius 1 is 1.07 bits per heavy atom. The number of hydrogen-bond acceptors (Lipinski definition) is 4. The van der Waals surface area contributed by atoms with Gasteiger partial charge in [0.15, 0.2) is 0 Å². The van der Waals surface area contributed by atoms with E-state index in [2.05, 4.69) is 69.1 Å². The maximum atomic E-state index is 6.77. The second-order valence-corrected chi connectivity index (χ2v) is 8.49. The fourth-order valence-electron chi connectivity index (χ4n) is 4.76. The van der Waals surface area contributed by atoms with E-state index in [1.807, 2.05) is 25.3 Å². The van der Waals surface area contributed by atoms with Gasteiger partial charge in [-0.3, -0.25) is 4.99 Å². The Balaban J connectivity index is 1.66. The molecular weight excluding hydrogens is 360 g/mol. The summed E-state index contributed by atoms with van der Waals surface area (Å²) in [6, 6.07) is 16.9. The van der Waals surface area contributed by atoms with Gasteiger partial charge in [-0.05, 0) is 62.9 Å². The lowest BCUT2D eigenvalue weighted by Crippen LogP contribution is -2.61. The van der Waals surface area contributed by atoms with E-state index in [9.17, 15) is 0 Å². The predicted octanol–water partition coefficient (Wildman–Crippen LogP) is 5.77. The van der Waals surface area contributed by atoms with Gasteiger partial charge in [-0.2, -0.15) is 0 Å². The molecule has 0 fully saturated rings. The zero-order chi connectivity index (χ0) is 20.4. The number of nitrogens with zero attached hydrogens (tertiary/aromatic N) is 2. The molecule has 5 rings (SSSR count). The van der Waals surface area contributed by atoms with Crippen LogP contribution in [0.3, 0.4) is 0 Å². The van der Waals surface area contributed by atoms with E-state index in [1.165, 1.54) is 16.8 Å². The monoisotopic (exact) mass is 386 g/mol. The number of likely N-dealkylation sites (N-methyl/N-ethyl adjacent to an activating group) is 1. The molecule has 1 atom stereocenters. The van der Waals surface area contributed by atoms with Gasteiger partial charge >= 0.3 is 0 Å². The first-order chi connectivity index (χ1) is 13.9. The third-order valence-electron chi connectivity index (χ3n) is 6.45. The second kappa shape index (κ2) is 5.99. The van der Waals surface area contributed by atoms with Gasteiger partial charge in [-0.1, -0.05) is 29.8 Å². The van der Waals surface area contributed by atoms with Crippen molar-refractivity contribution in [3.8, 4) is 11.5 Å². The quantitative estimate of drug-likeness (QED) is 0.561. The first-order valence-corrected chi connectivity index (χ1v) is 10.2. The molecule has 4 nitrogen and oxygen atoms in total. The average Bonchev–Trinajstić information content (AvgIpc) is 2.86. The van der Waals surface area contributed by atoms with Gasteiger partial charge < -0.3 is 14.4 Å². The van der Waals surface area contributed by atoms with E-state index in [0.29, 0.717) is 6.61 Å². The van der Waals surface area contributed by atoms with E-state index >= 15 is 0 Å². The Kier molecular flexibility index (Phi) is 3.73. The van der Waals surface area contributed by atoms with Crippen LogP contribution in [0, 0.1) is 6.92 Å². The highest BCUT2D eigenvalue weighted by molar-refractivity contribution is 6.00. The molecule has 0 amide bonds. The summed E-state index contributed by atoms with van der Waals surface area (Å²) in [6.07, 6.45) is 1.98. The van der Waals surface area contributed by atoms with E-state index in [0.717, 1.165) is 28.0 Å². The number of hydrogen-bond donors (Lipinski definition) is 0. The molecule has 2 aliphatic rings. The Bertz CT molecular complexity index is 1160. The Morgan fingerprint density at radius 2 is 1.86 bits per heavy atom. The van der Waals surface area contributed by atoms with Crippen molar-refractivity contribution in [3.63, 3.8) is 0 Å². The Labute approximate surface area is 171 Å². The minimum Gasteiger partial charge on any atom is -0.494 e. The molecule has 3 aromatic carbocycles. The molecule has 1 spiro atoms. The predicted molar refractivity (Wildman–Crippen MR) is 119 cm³/mol. The highest BCUT2D eigenvalue weighted by Gasteiger charge is 2.58. The summed E-state index contributed by atoms with van der Waals surface area (Å²) < 4.78 is 12.5. The van der Waals surface area contributed by atoms with Crippen LogP contribution in [0.2, 0.25) is 0 Å². The summed E-state index contributed by atoms with van der Waals surface area (Å²) in [5.74, 6) is 1.66. The van der Waals surface area contributed by atoms with E-state index < -0.39 is 5.72 Å². The second-order valence-electron chi connectivity index (χ2n) is 8.49. The lowest BCUT2D eigenvalue weighted by Gasteiger charge is -2.45. The molecule has 3 aromatic rings. The normalized spacial score (nSPS) is 21.2. The summed E-state index contributed by atoms with van der Waals surface area (Å²) in [5.41, 5.74) is 3.67. The summed E-state index contributed by atoms with van der Waals surface area (Å²) >= 11 is 0. The minimum atomic E-state index is -0.665. The van der Waals surface area contributed by atoms with E-state index in [1.54, 1.807) is 0 Å². The summed E-state index contributed by atoms with van der Waals surface area (Å²) in [7, 11) is 2.09. The number of fused-ring (bicyclic) bond motifs is 4. The van der Waals surface area contributed by atoms with Crippen LogP contribution in [0.5, 0.6) is 11.5 Å². The first-order valence-electron chi connectivity index (χ1n) is 10.2. The molecule has 0 saturated carbocycles. The largest absolute Gasteiger partial charge is 0.494 e. The molecule has 0 aromatic heterocycles. The molecule has 4 heteroatoms. The van der Waals surface area contributed by atoms with Crippen molar-refractivity contribution in [3.05, 3.63) is 59.7 Å². The van der Waals surface area contributed by atoms with Crippen LogP contribution in [0.15, 0.2) is 53.5 Å². The van der Waals surface area contributed by atoms with Gasteiger partial charge in [0.25, 0.3) is 0 Å². The highest BCUT2D eigenvalue weighted by Crippen LogP contribution is 2.54. The van der Waals surface area contributed by atoms with Crippen molar-refractivity contribution in [2.75, 3.05) is 18.6 Å². The standard InChI is InChI=1S/C25H26N2O2/c1-6-28-18-10-8-17-9-12-22-23(19(17)14-18)26-15-25(29-22)24(3,4)20-13-16(2)7-11-21(20)27(25)5/h7-15H,6H2,1-5H3. The summed E-state index contributed by atoms with van der Waals surface area (Å²) in [5, 5.41) is 2.17. The molecule has 0 N–H and O–H groups in total.